The first-order chi connectivity index (χ1) is 15.6. The molecular formula is C30H48O4. The number of fused-ring (bicyclic) bond motifs is 4. The second-order valence-corrected chi connectivity index (χ2v) is 14.0. The fourth-order valence-electron chi connectivity index (χ4n) is 9.30. The van der Waals surface area contributed by atoms with Crippen molar-refractivity contribution in [3.63, 3.8) is 0 Å². The highest BCUT2D eigenvalue weighted by molar-refractivity contribution is 5.71. The summed E-state index contributed by atoms with van der Waals surface area (Å²) in [7, 11) is 0. The van der Waals surface area contributed by atoms with Crippen molar-refractivity contribution in [3.05, 3.63) is 23.3 Å². The molecule has 0 amide bonds. The second-order valence-electron chi connectivity index (χ2n) is 14.0. The van der Waals surface area contributed by atoms with E-state index in [-0.39, 0.29) is 33.7 Å². The Morgan fingerprint density at radius 3 is 2.32 bits per heavy atom. The van der Waals surface area contributed by atoms with Gasteiger partial charge in [0.2, 0.25) is 0 Å². The van der Waals surface area contributed by atoms with Crippen molar-refractivity contribution in [2.24, 2.45) is 39.4 Å². The molecule has 0 heterocycles. The summed E-state index contributed by atoms with van der Waals surface area (Å²) in [4.78, 5) is 12.5. The van der Waals surface area contributed by atoms with Gasteiger partial charge in [-0.1, -0.05) is 57.9 Å². The van der Waals surface area contributed by atoms with Crippen LogP contribution in [-0.2, 0) is 4.79 Å². The standard InChI is InChI=1S/C30H48O4/c1-26(2,34)15-8-9-19(25(32)33)20-12-17-30(7)22-10-11-23-27(3,4)24(31)14-16-28(23,5)21(22)13-18-29(20,30)6/h8,15,19-20,23-24,31,34H,9-14,16-18H2,1-7H3,(H,32,33)/b15-8+/t19-,20-,23?,24+,28-,29-,30+/m1/s1. The maximum Gasteiger partial charge on any atom is 0.307 e. The predicted molar refractivity (Wildman–Crippen MR) is 136 cm³/mol. The van der Waals surface area contributed by atoms with Crippen molar-refractivity contribution in [2.45, 2.75) is 118 Å². The summed E-state index contributed by atoms with van der Waals surface area (Å²) in [6.45, 7) is 15.3. The van der Waals surface area contributed by atoms with Crippen LogP contribution in [0.2, 0.25) is 0 Å². The molecule has 0 spiro atoms. The van der Waals surface area contributed by atoms with Crippen molar-refractivity contribution in [3.8, 4) is 0 Å². The molecule has 0 bridgehead atoms. The number of hydrogen-bond acceptors (Lipinski definition) is 3. The molecule has 4 aliphatic carbocycles. The number of carboxylic acid groups (broad SMARTS) is 1. The van der Waals surface area contributed by atoms with Crippen molar-refractivity contribution >= 4 is 5.97 Å². The normalized spacial score (nSPS) is 42.8. The molecule has 4 rings (SSSR count). The van der Waals surface area contributed by atoms with Gasteiger partial charge in [0.1, 0.15) is 0 Å². The Morgan fingerprint density at radius 2 is 1.71 bits per heavy atom. The highest BCUT2D eigenvalue weighted by Crippen LogP contribution is 2.72. The average molecular weight is 473 g/mol. The molecule has 0 radical (unpaired) electrons. The summed E-state index contributed by atoms with van der Waals surface area (Å²) in [6, 6.07) is 0. The van der Waals surface area contributed by atoms with E-state index in [0.717, 1.165) is 51.4 Å². The van der Waals surface area contributed by atoms with E-state index in [9.17, 15) is 20.1 Å². The van der Waals surface area contributed by atoms with E-state index < -0.39 is 17.5 Å². The molecule has 7 atom stereocenters. The minimum atomic E-state index is -0.920. The van der Waals surface area contributed by atoms with Gasteiger partial charge >= 0.3 is 5.97 Å². The van der Waals surface area contributed by atoms with Crippen LogP contribution in [0.1, 0.15) is 106 Å². The van der Waals surface area contributed by atoms with Crippen LogP contribution in [0.4, 0.5) is 0 Å². The second kappa shape index (κ2) is 8.20. The molecule has 2 saturated carbocycles. The molecule has 0 aromatic heterocycles. The Balaban J connectivity index is 1.69. The molecule has 0 aliphatic heterocycles. The summed E-state index contributed by atoms with van der Waals surface area (Å²) >= 11 is 0. The van der Waals surface area contributed by atoms with Crippen LogP contribution in [0.15, 0.2) is 23.3 Å². The molecule has 192 valence electrons. The third-order valence-corrected chi connectivity index (χ3v) is 11.5. The Kier molecular flexibility index (Phi) is 6.26. The van der Waals surface area contributed by atoms with Crippen molar-refractivity contribution in [1.29, 1.82) is 0 Å². The van der Waals surface area contributed by atoms with E-state index in [2.05, 4.69) is 34.6 Å². The predicted octanol–water partition coefficient (Wildman–Crippen LogP) is 6.51. The quantitative estimate of drug-likeness (QED) is 0.398. The molecule has 4 aliphatic rings. The third-order valence-electron chi connectivity index (χ3n) is 11.5. The molecule has 34 heavy (non-hydrogen) atoms. The van der Waals surface area contributed by atoms with Crippen LogP contribution in [-0.4, -0.2) is 33.0 Å². The van der Waals surface area contributed by atoms with E-state index in [4.69, 9.17) is 0 Å². The van der Waals surface area contributed by atoms with Gasteiger partial charge in [0.05, 0.1) is 17.6 Å². The van der Waals surface area contributed by atoms with Crippen LogP contribution in [0.25, 0.3) is 0 Å². The summed E-state index contributed by atoms with van der Waals surface area (Å²) in [5, 5.41) is 31.1. The molecule has 4 nitrogen and oxygen atoms in total. The molecule has 3 N–H and O–H groups in total. The first-order valence-electron chi connectivity index (χ1n) is 13.6. The van der Waals surface area contributed by atoms with Crippen molar-refractivity contribution in [1.82, 2.24) is 0 Å². The first kappa shape index (κ1) is 25.9. The lowest BCUT2D eigenvalue weighted by Crippen LogP contribution is -2.55. The van der Waals surface area contributed by atoms with E-state index in [1.54, 1.807) is 31.1 Å². The summed E-state index contributed by atoms with van der Waals surface area (Å²) in [6.07, 6.45) is 12.2. The van der Waals surface area contributed by atoms with E-state index in [0.29, 0.717) is 12.3 Å². The Morgan fingerprint density at radius 1 is 1.03 bits per heavy atom. The number of rotatable bonds is 5. The maximum atomic E-state index is 12.5. The van der Waals surface area contributed by atoms with Crippen LogP contribution in [0.3, 0.4) is 0 Å². The summed E-state index contributed by atoms with van der Waals surface area (Å²) in [5.41, 5.74) is 2.51. The van der Waals surface area contributed by atoms with Crippen LogP contribution in [0, 0.1) is 39.4 Å². The first-order valence-corrected chi connectivity index (χ1v) is 13.6. The number of hydrogen-bond donors (Lipinski definition) is 3. The maximum absolute atomic E-state index is 12.5. The highest BCUT2D eigenvalue weighted by atomic mass is 16.4. The smallest absolute Gasteiger partial charge is 0.307 e. The number of aliphatic carboxylic acids is 1. The van der Waals surface area contributed by atoms with E-state index in [1.165, 1.54) is 0 Å². The Labute approximate surface area is 206 Å². The Bertz CT molecular complexity index is 892. The van der Waals surface area contributed by atoms with Crippen LogP contribution >= 0.6 is 0 Å². The molecule has 0 saturated heterocycles. The average Bonchev–Trinajstić information content (AvgIpc) is 2.99. The lowest BCUT2D eigenvalue weighted by atomic mass is 9.43. The SMILES string of the molecule is CC(C)(O)/C=C/C[C@@H](C(=O)O)[C@H]1CC[C@@]2(C)C3=C(CC[C@]12C)[C@@]1(C)CC[C@H](O)C(C)(C)C1CC3. The van der Waals surface area contributed by atoms with E-state index >= 15 is 0 Å². The minimum Gasteiger partial charge on any atom is -0.481 e. The lowest BCUT2D eigenvalue weighted by molar-refractivity contribution is -0.146. The number of aliphatic hydroxyl groups is 2. The van der Waals surface area contributed by atoms with Crippen LogP contribution < -0.4 is 0 Å². The van der Waals surface area contributed by atoms with Gasteiger partial charge in [0.25, 0.3) is 0 Å². The minimum absolute atomic E-state index is 0.0235. The van der Waals surface area contributed by atoms with Gasteiger partial charge in [-0.15, -0.1) is 0 Å². The zero-order chi connectivity index (χ0) is 25.3. The topological polar surface area (TPSA) is 77.8 Å². The van der Waals surface area contributed by atoms with Gasteiger partial charge in [-0.2, -0.15) is 0 Å². The van der Waals surface area contributed by atoms with Crippen LogP contribution in [0.5, 0.6) is 0 Å². The zero-order valence-electron chi connectivity index (χ0n) is 22.6. The third kappa shape index (κ3) is 3.74. The van der Waals surface area contributed by atoms with Gasteiger partial charge in [0.15, 0.2) is 0 Å². The van der Waals surface area contributed by atoms with Gasteiger partial charge in [-0.3, -0.25) is 4.79 Å². The number of carbonyl (C=O) groups is 1. The molecule has 4 heteroatoms. The Hall–Kier alpha value is -1.13. The van der Waals surface area contributed by atoms with Gasteiger partial charge < -0.3 is 15.3 Å². The molecule has 0 aromatic rings. The zero-order valence-corrected chi connectivity index (χ0v) is 22.6. The monoisotopic (exact) mass is 472 g/mol. The highest BCUT2D eigenvalue weighted by Gasteiger charge is 2.64. The number of aliphatic hydroxyl groups excluding tert-OH is 1. The number of carboxylic acids is 1. The van der Waals surface area contributed by atoms with Gasteiger partial charge in [-0.25, -0.2) is 0 Å². The van der Waals surface area contributed by atoms with E-state index in [1.807, 2.05) is 6.08 Å². The largest absolute Gasteiger partial charge is 0.481 e. The molecule has 2 fully saturated rings. The molecule has 0 aromatic carbocycles. The lowest BCUT2D eigenvalue weighted by Gasteiger charge is -2.62. The molecular weight excluding hydrogens is 424 g/mol. The fraction of sp³-hybridized carbons (Fsp3) is 0.833. The van der Waals surface area contributed by atoms with Gasteiger partial charge in [0, 0.05) is 0 Å². The number of allylic oxidation sites excluding steroid dienone is 3. The van der Waals surface area contributed by atoms with Crippen molar-refractivity contribution < 1.29 is 20.1 Å². The van der Waals surface area contributed by atoms with Crippen molar-refractivity contribution in [2.75, 3.05) is 0 Å². The summed E-state index contributed by atoms with van der Waals surface area (Å²) in [5.74, 6) is -0.463. The summed E-state index contributed by atoms with van der Waals surface area (Å²) < 4.78 is 0. The van der Waals surface area contributed by atoms with Gasteiger partial charge in [-0.05, 0) is 105 Å². The molecule has 1 unspecified atom stereocenters. The fourth-order valence-corrected chi connectivity index (χ4v) is 9.30.